The predicted octanol–water partition coefficient (Wildman–Crippen LogP) is 4.51. The molecule has 1 aliphatic heterocycles. The van der Waals surface area contributed by atoms with Gasteiger partial charge >= 0.3 is 12.1 Å². The number of nitrogens with zero attached hydrogens (tertiary/aromatic N) is 1. The summed E-state index contributed by atoms with van der Waals surface area (Å²) in [7, 11) is 0. The van der Waals surface area contributed by atoms with Crippen molar-refractivity contribution in [2.75, 3.05) is 19.7 Å². The van der Waals surface area contributed by atoms with Gasteiger partial charge in [-0.05, 0) is 46.4 Å². The molecule has 1 aliphatic carbocycles. The maximum Gasteiger partial charge on any atom is 0.407 e. The number of rotatable bonds is 8. The van der Waals surface area contributed by atoms with Gasteiger partial charge in [-0.15, -0.1) is 0 Å². The van der Waals surface area contributed by atoms with E-state index in [-0.39, 0.29) is 42.6 Å². The minimum absolute atomic E-state index is 0.0132. The second-order valence-corrected chi connectivity index (χ2v) is 10.1. The molecule has 2 N–H and O–H groups in total. The maximum atomic E-state index is 12.9. The van der Waals surface area contributed by atoms with Gasteiger partial charge < -0.3 is 20.1 Å². The predicted molar refractivity (Wildman–Crippen MR) is 133 cm³/mol. The molecule has 1 heterocycles. The number of carbonyl (C=O) groups excluding carboxylic acids is 2. The largest absolute Gasteiger partial charge is 0.480 e. The van der Waals surface area contributed by atoms with Gasteiger partial charge in [0.1, 0.15) is 12.6 Å². The Morgan fingerprint density at radius 3 is 2.23 bits per heavy atom. The summed E-state index contributed by atoms with van der Waals surface area (Å²) < 4.78 is 5.61. The molecular weight excluding hydrogens is 444 g/mol. The summed E-state index contributed by atoms with van der Waals surface area (Å²) in [6.07, 6.45) is 0.369. The van der Waals surface area contributed by atoms with Gasteiger partial charge in [0.15, 0.2) is 0 Å². The number of hydrogen-bond acceptors (Lipinski definition) is 4. The number of carboxylic acids is 1. The number of amides is 2. The van der Waals surface area contributed by atoms with Gasteiger partial charge in [0.05, 0.1) is 0 Å². The monoisotopic (exact) mass is 478 g/mol. The third-order valence-electron chi connectivity index (χ3n) is 7.51. The quantitative estimate of drug-likeness (QED) is 0.582. The van der Waals surface area contributed by atoms with Gasteiger partial charge in [-0.2, -0.15) is 0 Å². The van der Waals surface area contributed by atoms with E-state index in [2.05, 4.69) is 29.6 Å². The fraction of sp³-hybridized carbons (Fsp3) is 0.464. The molecule has 0 bridgehead atoms. The van der Waals surface area contributed by atoms with Crippen LogP contribution in [0.2, 0.25) is 0 Å². The summed E-state index contributed by atoms with van der Waals surface area (Å²) in [6, 6.07) is 15.6. The van der Waals surface area contributed by atoms with Gasteiger partial charge in [0.25, 0.3) is 0 Å². The molecule has 3 unspecified atom stereocenters. The van der Waals surface area contributed by atoms with Crippen molar-refractivity contribution in [3.8, 4) is 11.1 Å². The molecule has 0 aromatic heterocycles. The molecule has 7 nitrogen and oxygen atoms in total. The van der Waals surface area contributed by atoms with E-state index in [1.165, 1.54) is 16.0 Å². The number of alkyl carbamates (subject to hydrolysis) is 1. The first-order valence-corrected chi connectivity index (χ1v) is 12.4. The molecule has 2 aromatic rings. The van der Waals surface area contributed by atoms with Gasteiger partial charge in [-0.25, -0.2) is 9.59 Å². The first kappa shape index (κ1) is 24.8. The zero-order valence-electron chi connectivity index (χ0n) is 20.6. The molecule has 0 saturated carbocycles. The Kier molecular flexibility index (Phi) is 7.43. The molecule has 1 saturated heterocycles. The van der Waals surface area contributed by atoms with E-state index < -0.39 is 18.1 Å². The molecule has 7 heteroatoms. The molecule has 2 amide bonds. The lowest BCUT2D eigenvalue weighted by Gasteiger charge is -2.27. The van der Waals surface area contributed by atoms with Gasteiger partial charge in [-0.1, -0.05) is 69.3 Å². The summed E-state index contributed by atoms with van der Waals surface area (Å²) in [5, 5.41) is 12.4. The van der Waals surface area contributed by atoms with Crippen LogP contribution in [-0.2, 0) is 14.3 Å². The number of carbonyl (C=O) groups is 3. The Balaban J connectivity index is 1.33. The molecule has 2 aromatic carbocycles. The number of hydrogen-bond donors (Lipinski definition) is 2. The van der Waals surface area contributed by atoms with E-state index >= 15 is 0 Å². The number of carboxylic acid groups (broad SMARTS) is 1. The zero-order valence-corrected chi connectivity index (χ0v) is 20.6. The van der Waals surface area contributed by atoms with Crippen molar-refractivity contribution in [2.45, 2.75) is 45.6 Å². The highest BCUT2D eigenvalue weighted by Gasteiger charge is 2.40. The lowest BCUT2D eigenvalue weighted by atomic mass is 9.91. The van der Waals surface area contributed by atoms with Crippen molar-refractivity contribution in [1.29, 1.82) is 0 Å². The first-order chi connectivity index (χ1) is 16.8. The van der Waals surface area contributed by atoms with Crippen LogP contribution < -0.4 is 5.32 Å². The highest BCUT2D eigenvalue weighted by Crippen LogP contribution is 2.44. The fourth-order valence-electron chi connectivity index (χ4n) is 5.35. The Labute approximate surface area is 206 Å². The Morgan fingerprint density at radius 2 is 1.66 bits per heavy atom. The van der Waals surface area contributed by atoms with Crippen molar-refractivity contribution < 1.29 is 24.2 Å². The highest BCUT2D eigenvalue weighted by molar-refractivity contribution is 5.85. The van der Waals surface area contributed by atoms with Crippen LogP contribution in [0.1, 0.15) is 50.7 Å². The zero-order chi connectivity index (χ0) is 25.1. The van der Waals surface area contributed by atoms with E-state index in [0.717, 1.165) is 11.1 Å². The Morgan fingerprint density at radius 1 is 1.06 bits per heavy atom. The summed E-state index contributed by atoms with van der Waals surface area (Å²) >= 11 is 0. The number of likely N-dealkylation sites (tertiary alicyclic amines) is 1. The smallest absolute Gasteiger partial charge is 0.407 e. The van der Waals surface area contributed by atoms with Crippen LogP contribution in [0.4, 0.5) is 4.79 Å². The second-order valence-electron chi connectivity index (χ2n) is 10.1. The number of ether oxygens (including phenoxy) is 1. The SMILES string of the molecule is CC(C)C(CNC(=O)OCC1c2ccccc2-c2ccccc21)CC(=O)N1CCC(C)C1C(=O)O. The maximum absolute atomic E-state index is 12.9. The highest BCUT2D eigenvalue weighted by atomic mass is 16.5. The summed E-state index contributed by atoms with van der Waals surface area (Å²) in [5.74, 6) is -1.19. The number of fused-ring (bicyclic) bond motifs is 3. The standard InChI is InChI=1S/C28H34N2O5/c1-17(2)19(14-25(31)30-13-12-18(3)26(30)27(32)33)15-29-28(34)35-16-24-22-10-6-4-8-20(22)21-9-5-7-11-23(21)24/h4-11,17-19,24,26H,12-16H2,1-3H3,(H,29,34)(H,32,33). The minimum atomic E-state index is -0.957. The number of aliphatic carboxylic acids is 1. The normalized spacial score (nSPS) is 19.8. The summed E-state index contributed by atoms with van der Waals surface area (Å²) in [6.45, 7) is 6.85. The van der Waals surface area contributed by atoms with Crippen LogP contribution in [0.5, 0.6) is 0 Å². The van der Waals surface area contributed by atoms with Crippen molar-refractivity contribution >= 4 is 18.0 Å². The average Bonchev–Trinajstić information content (AvgIpc) is 3.38. The summed E-state index contributed by atoms with van der Waals surface area (Å²) in [5.41, 5.74) is 4.65. The molecule has 3 atom stereocenters. The van der Waals surface area contributed by atoms with Crippen molar-refractivity contribution in [3.05, 3.63) is 59.7 Å². The Hall–Kier alpha value is -3.35. The molecular formula is C28H34N2O5. The number of nitrogens with one attached hydrogen (secondary N) is 1. The van der Waals surface area contributed by atoms with Crippen LogP contribution in [0.3, 0.4) is 0 Å². The molecule has 2 aliphatic rings. The third kappa shape index (κ3) is 5.19. The summed E-state index contributed by atoms with van der Waals surface area (Å²) in [4.78, 5) is 38.6. The molecule has 4 rings (SSSR count). The van der Waals surface area contributed by atoms with Crippen molar-refractivity contribution in [1.82, 2.24) is 10.2 Å². The van der Waals surface area contributed by atoms with Crippen molar-refractivity contribution in [3.63, 3.8) is 0 Å². The van der Waals surface area contributed by atoms with E-state index in [1.807, 2.05) is 45.0 Å². The van der Waals surface area contributed by atoms with Crippen LogP contribution in [0.25, 0.3) is 11.1 Å². The van der Waals surface area contributed by atoms with Gasteiger partial charge in [0.2, 0.25) is 5.91 Å². The van der Waals surface area contributed by atoms with E-state index in [9.17, 15) is 19.5 Å². The van der Waals surface area contributed by atoms with Crippen LogP contribution >= 0.6 is 0 Å². The topological polar surface area (TPSA) is 95.9 Å². The van der Waals surface area contributed by atoms with Crippen LogP contribution in [-0.4, -0.2) is 53.7 Å². The average molecular weight is 479 g/mol. The van der Waals surface area contributed by atoms with Gasteiger partial charge in [-0.3, -0.25) is 4.79 Å². The third-order valence-corrected chi connectivity index (χ3v) is 7.51. The lowest BCUT2D eigenvalue weighted by Crippen LogP contribution is -2.44. The molecule has 186 valence electrons. The second kappa shape index (κ2) is 10.5. The first-order valence-electron chi connectivity index (χ1n) is 12.4. The van der Waals surface area contributed by atoms with Gasteiger partial charge in [0, 0.05) is 25.4 Å². The number of benzene rings is 2. The van der Waals surface area contributed by atoms with E-state index in [1.54, 1.807) is 0 Å². The van der Waals surface area contributed by atoms with Crippen LogP contribution in [0.15, 0.2) is 48.5 Å². The molecule has 1 fully saturated rings. The minimum Gasteiger partial charge on any atom is -0.480 e. The van der Waals surface area contributed by atoms with E-state index in [0.29, 0.717) is 19.5 Å². The van der Waals surface area contributed by atoms with E-state index in [4.69, 9.17) is 4.74 Å². The van der Waals surface area contributed by atoms with Crippen molar-refractivity contribution in [2.24, 2.45) is 17.8 Å². The molecule has 35 heavy (non-hydrogen) atoms. The fourth-order valence-corrected chi connectivity index (χ4v) is 5.35. The molecule has 0 spiro atoms. The molecule has 0 radical (unpaired) electrons. The Bertz CT molecular complexity index is 1050. The van der Waals surface area contributed by atoms with Crippen LogP contribution in [0, 0.1) is 17.8 Å². The lowest BCUT2D eigenvalue weighted by molar-refractivity contribution is -0.149.